The summed E-state index contributed by atoms with van der Waals surface area (Å²) in [7, 11) is 0. The van der Waals surface area contributed by atoms with Crippen LogP contribution in [0.5, 0.6) is 0 Å². The fraction of sp³-hybridized carbons (Fsp3) is 0.0870. The van der Waals surface area contributed by atoms with Crippen LogP contribution in [0.1, 0.15) is 47.6 Å². The number of fused-ring (bicyclic) bond motifs is 6. The molecule has 6 aromatic carbocycles. The molecule has 0 radical (unpaired) electrons. The van der Waals surface area contributed by atoms with E-state index in [2.05, 4.69) is 132 Å². The number of para-hydroxylation sites is 3. The highest BCUT2D eigenvalue weighted by molar-refractivity contribution is 6.10. The zero-order valence-corrected chi connectivity index (χ0v) is 28.2. The van der Waals surface area contributed by atoms with Gasteiger partial charge in [0.25, 0.3) is 0 Å². The fourth-order valence-electron chi connectivity index (χ4n) is 7.52. The third-order valence-electron chi connectivity index (χ3n) is 9.77. The van der Waals surface area contributed by atoms with Crippen molar-refractivity contribution in [2.75, 3.05) is 0 Å². The minimum Gasteiger partial charge on any atom is -0.309 e. The van der Waals surface area contributed by atoms with Gasteiger partial charge in [-0.25, -0.2) is 0 Å². The highest BCUT2D eigenvalue weighted by Gasteiger charge is 2.19. The summed E-state index contributed by atoms with van der Waals surface area (Å²) in [5.74, 6) is 0.0203. The first-order valence-electron chi connectivity index (χ1n) is 16.9. The second-order valence-electron chi connectivity index (χ2n) is 12.9. The number of aromatic nitrogens is 2. The van der Waals surface area contributed by atoms with Crippen LogP contribution in [0, 0.1) is 29.6 Å². The summed E-state index contributed by atoms with van der Waals surface area (Å²) in [6.45, 7) is 6.39. The van der Waals surface area contributed by atoms with E-state index >= 15 is 0 Å². The van der Waals surface area contributed by atoms with E-state index in [4.69, 9.17) is 0 Å². The van der Waals surface area contributed by atoms with E-state index in [-0.39, 0.29) is 5.92 Å². The van der Waals surface area contributed by atoms with E-state index in [1.54, 1.807) is 0 Å². The standard InChI is InChI=1S/C46H34N4/c1-4-11-33(25-31(3)36-12-5-8-15-42(36)50-44-17-10-7-13-37(44)40-24-30(2)18-22-46(40)50)39-27-35(21-20-34(39)29-48)49-43-16-9-6-14-38(43)41-26-32(28-47)19-23-45(41)49/h4-27,31H,1-3H3/b11-4-,33-25+. The number of nitriles is 2. The van der Waals surface area contributed by atoms with Gasteiger partial charge >= 0.3 is 0 Å². The first-order chi connectivity index (χ1) is 24.5. The highest BCUT2D eigenvalue weighted by atomic mass is 15.0. The van der Waals surface area contributed by atoms with Crippen LogP contribution in [0.3, 0.4) is 0 Å². The van der Waals surface area contributed by atoms with Gasteiger partial charge < -0.3 is 9.13 Å². The van der Waals surface area contributed by atoms with E-state index < -0.39 is 0 Å². The molecule has 0 N–H and O–H groups in total. The summed E-state index contributed by atoms with van der Waals surface area (Å²) in [5, 5.41) is 24.6. The van der Waals surface area contributed by atoms with Gasteiger partial charge in [-0.1, -0.05) is 91.4 Å². The van der Waals surface area contributed by atoms with Gasteiger partial charge in [0, 0.05) is 44.4 Å². The van der Waals surface area contributed by atoms with E-state index in [9.17, 15) is 10.5 Å². The Morgan fingerprint density at radius 3 is 2.02 bits per heavy atom. The Balaban J connectivity index is 1.30. The Kier molecular flexibility index (Phi) is 7.64. The van der Waals surface area contributed by atoms with Crippen LogP contribution in [0.25, 0.3) is 60.6 Å². The summed E-state index contributed by atoms with van der Waals surface area (Å²) in [4.78, 5) is 0. The van der Waals surface area contributed by atoms with Gasteiger partial charge in [0.05, 0.1) is 45.3 Å². The van der Waals surface area contributed by atoms with E-state index in [1.807, 2.05) is 55.5 Å². The van der Waals surface area contributed by atoms with Crippen LogP contribution >= 0.6 is 0 Å². The van der Waals surface area contributed by atoms with Crippen molar-refractivity contribution in [2.45, 2.75) is 26.7 Å². The van der Waals surface area contributed by atoms with Gasteiger partial charge in [-0.15, -0.1) is 0 Å². The van der Waals surface area contributed by atoms with E-state index in [0.29, 0.717) is 11.1 Å². The number of aryl methyl sites for hydroxylation is 1. The van der Waals surface area contributed by atoms with Crippen LogP contribution < -0.4 is 0 Å². The lowest BCUT2D eigenvalue weighted by atomic mass is 9.91. The predicted molar refractivity (Wildman–Crippen MR) is 207 cm³/mol. The second-order valence-corrected chi connectivity index (χ2v) is 12.9. The summed E-state index contributed by atoms with van der Waals surface area (Å²) in [6, 6.07) is 48.9. The first kappa shape index (κ1) is 30.7. The van der Waals surface area contributed by atoms with Crippen molar-refractivity contribution in [1.29, 1.82) is 10.5 Å². The smallest absolute Gasteiger partial charge is 0.0998 e. The van der Waals surface area contributed by atoms with Gasteiger partial charge in [0.2, 0.25) is 0 Å². The molecule has 4 nitrogen and oxygen atoms in total. The monoisotopic (exact) mass is 642 g/mol. The molecule has 1 unspecified atom stereocenters. The molecule has 8 aromatic rings. The molecule has 0 bridgehead atoms. The summed E-state index contributed by atoms with van der Waals surface area (Å²) in [5.41, 5.74) is 12.1. The van der Waals surface area contributed by atoms with Crippen molar-refractivity contribution in [3.8, 4) is 23.5 Å². The molecular formula is C46H34N4. The number of nitrogens with zero attached hydrogens (tertiary/aromatic N) is 4. The molecule has 2 heterocycles. The molecule has 0 spiro atoms. The van der Waals surface area contributed by atoms with Crippen LogP contribution in [0.2, 0.25) is 0 Å². The van der Waals surface area contributed by atoms with Crippen molar-refractivity contribution in [3.05, 3.63) is 173 Å². The number of hydrogen-bond donors (Lipinski definition) is 0. The molecule has 0 amide bonds. The lowest BCUT2D eigenvalue weighted by Gasteiger charge is -2.18. The minimum absolute atomic E-state index is 0.0203. The van der Waals surface area contributed by atoms with Crippen LogP contribution in [0.15, 0.2) is 146 Å². The third-order valence-corrected chi connectivity index (χ3v) is 9.77. The predicted octanol–water partition coefficient (Wildman–Crippen LogP) is 11.7. The Morgan fingerprint density at radius 2 is 1.28 bits per heavy atom. The van der Waals surface area contributed by atoms with Crippen LogP contribution in [-0.4, -0.2) is 9.13 Å². The molecule has 0 aliphatic rings. The van der Waals surface area contributed by atoms with Crippen molar-refractivity contribution < 1.29 is 0 Å². The molecule has 8 rings (SSSR count). The Hall–Kier alpha value is -6.62. The van der Waals surface area contributed by atoms with Crippen molar-refractivity contribution >= 4 is 49.2 Å². The topological polar surface area (TPSA) is 57.4 Å². The minimum atomic E-state index is 0.0203. The maximum Gasteiger partial charge on any atom is 0.0998 e. The Labute approximate surface area is 291 Å². The molecule has 50 heavy (non-hydrogen) atoms. The lowest BCUT2D eigenvalue weighted by molar-refractivity contribution is 0.945. The molecule has 238 valence electrons. The largest absolute Gasteiger partial charge is 0.309 e. The lowest BCUT2D eigenvalue weighted by Crippen LogP contribution is -2.03. The molecular weight excluding hydrogens is 609 g/mol. The molecule has 4 heteroatoms. The normalized spacial score (nSPS) is 12.6. The molecule has 0 aliphatic carbocycles. The van der Waals surface area contributed by atoms with Gasteiger partial charge in [-0.3, -0.25) is 0 Å². The Morgan fingerprint density at radius 1 is 0.640 bits per heavy atom. The number of benzene rings is 6. The van der Waals surface area contributed by atoms with Crippen molar-refractivity contribution in [1.82, 2.24) is 9.13 Å². The second kappa shape index (κ2) is 12.4. The van der Waals surface area contributed by atoms with Crippen LogP contribution in [-0.2, 0) is 0 Å². The average Bonchev–Trinajstić information content (AvgIpc) is 3.66. The van der Waals surface area contributed by atoms with Gasteiger partial charge in [-0.05, 0) is 91.7 Å². The SMILES string of the molecule is C/C=C\C(=C/C(C)c1ccccc1-n1c2ccccc2c2cc(C)ccc21)c1cc(-n2c3ccccc3c3cc(C#N)ccc32)ccc1C#N. The maximum atomic E-state index is 10.4. The molecule has 0 fully saturated rings. The van der Waals surface area contributed by atoms with Gasteiger partial charge in [0.15, 0.2) is 0 Å². The zero-order valence-electron chi connectivity index (χ0n) is 28.2. The zero-order chi connectivity index (χ0) is 34.4. The van der Waals surface area contributed by atoms with Crippen molar-refractivity contribution in [2.24, 2.45) is 0 Å². The number of allylic oxidation sites excluding steroid dienone is 4. The molecule has 2 aromatic heterocycles. The third kappa shape index (κ3) is 4.98. The summed E-state index contributed by atoms with van der Waals surface area (Å²) >= 11 is 0. The molecule has 0 aliphatic heterocycles. The maximum absolute atomic E-state index is 10.4. The van der Waals surface area contributed by atoms with Crippen molar-refractivity contribution in [3.63, 3.8) is 0 Å². The highest BCUT2D eigenvalue weighted by Crippen LogP contribution is 2.38. The summed E-state index contributed by atoms with van der Waals surface area (Å²) in [6.07, 6.45) is 6.42. The number of rotatable bonds is 6. The molecule has 0 saturated carbocycles. The number of hydrogen-bond acceptors (Lipinski definition) is 2. The fourth-order valence-corrected chi connectivity index (χ4v) is 7.52. The van der Waals surface area contributed by atoms with Crippen LogP contribution in [0.4, 0.5) is 0 Å². The van der Waals surface area contributed by atoms with E-state index in [1.165, 1.54) is 32.9 Å². The molecule has 1 atom stereocenters. The van der Waals surface area contributed by atoms with E-state index in [0.717, 1.165) is 44.3 Å². The van der Waals surface area contributed by atoms with Gasteiger partial charge in [0.1, 0.15) is 0 Å². The van der Waals surface area contributed by atoms with Gasteiger partial charge in [-0.2, -0.15) is 10.5 Å². The molecule has 0 saturated heterocycles. The first-order valence-corrected chi connectivity index (χ1v) is 16.9. The quantitative estimate of drug-likeness (QED) is 0.169. The Bertz CT molecular complexity index is 2770. The average molecular weight is 643 g/mol. The summed E-state index contributed by atoms with van der Waals surface area (Å²) < 4.78 is 4.62.